The lowest BCUT2D eigenvalue weighted by molar-refractivity contribution is -0.0516. The van der Waals surface area contributed by atoms with Crippen molar-refractivity contribution >= 4 is 52.7 Å². The topological polar surface area (TPSA) is 126 Å². The molecule has 12 atom stereocenters. The Morgan fingerprint density at radius 2 is 1.15 bits per heavy atom. The van der Waals surface area contributed by atoms with Crippen LogP contribution in [0.2, 0.25) is 0 Å². The fourth-order valence-electron chi connectivity index (χ4n) is 5.34. The van der Waals surface area contributed by atoms with E-state index in [-0.39, 0.29) is 35.3 Å². The van der Waals surface area contributed by atoms with Crippen LogP contribution in [0.5, 0.6) is 0 Å². The SMILES string of the molecule is CCS[C@H]1O[C@H]2[C@H](OP3OC[C@H]2O3)[C@H]1OC(=O)c1ccc(C(=O)O[C@@H]2[C@H]3OP4OC[C@@H](O4)[C@H]3O[C@@H]2SCC)cc1. The van der Waals surface area contributed by atoms with Crippen molar-refractivity contribution in [1.82, 2.24) is 0 Å². The second-order valence-electron chi connectivity index (χ2n) is 9.63. The fraction of sp³-hybridized carbons (Fsp3) is 0.667. The molecule has 4 bridgehead atoms. The molecule has 0 aliphatic carbocycles. The second kappa shape index (κ2) is 11.8. The number of esters is 2. The second-order valence-corrected chi connectivity index (χ2v) is 14.6. The van der Waals surface area contributed by atoms with E-state index in [2.05, 4.69) is 0 Å². The van der Waals surface area contributed by atoms with Gasteiger partial charge in [0.2, 0.25) is 0 Å². The molecule has 12 nitrogen and oxygen atoms in total. The molecule has 6 aliphatic heterocycles. The Morgan fingerprint density at radius 3 is 1.55 bits per heavy atom. The Labute approximate surface area is 241 Å². The number of carbonyl (C=O) groups excluding carboxylic acids is 2. The van der Waals surface area contributed by atoms with E-state index >= 15 is 0 Å². The summed E-state index contributed by atoms with van der Waals surface area (Å²) in [5, 5.41) is 0. The van der Waals surface area contributed by atoms with Gasteiger partial charge in [0.05, 0.1) is 24.3 Å². The van der Waals surface area contributed by atoms with Gasteiger partial charge in [-0.1, -0.05) is 13.8 Å². The predicted octanol–water partition coefficient (Wildman–Crippen LogP) is 3.78. The first kappa shape index (κ1) is 28.2. The van der Waals surface area contributed by atoms with Crippen LogP contribution < -0.4 is 0 Å². The van der Waals surface area contributed by atoms with Crippen molar-refractivity contribution in [3.05, 3.63) is 35.4 Å². The van der Waals surface area contributed by atoms with E-state index in [1.54, 1.807) is 47.8 Å². The third-order valence-electron chi connectivity index (χ3n) is 7.20. The van der Waals surface area contributed by atoms with Crippen molar-refractivity contribution in [2.45, 2.75) is 73.6 Å². The monoisotopic (exact) mass is 634 g/mol. The number of rotatable bonds is 8. The van der Waals surface area contributed by atoms with Crippen LogP contribution in [-0.4, -0.2) is 96.4 Å². The van der Waals surface area contributed by atoms with Gasteiger partial charge in [0.15, 0.2) is 12.2 Å². The van der Waals surface area contributed by atoms with E-state index in [1.807, 2.05) is 13.8 Å². The predicted molar refractivity (Wildman–Crippen MR) is 144 cm³/mol. The summed E-state index contributed by atoms with van der Waals surface area (Å²) < 4.78 is 58.4. The Bertz CT molecular complexity index is 1030. The Hall–Kier alpha value is -0.600. The zero-order chi connectivity index (χ0) is 27.4. The van der Waals surface area contributed by atoms with E-state index < -0.39 is 53.6 Å². The van der Waals surface area contributed by atoms with Gasteiger partial charge in [0.25, 0.3) is 0 Å². The summed E-state index contributed by atoms with van der Waals surface area (Å²) in [7, 11) is -2.91. The molecule has 6 fully saturated rings. The molecule has 0 saturated carbocycles. The number of hydrogen-bond donors (Lipinski definition) is 0. The minimum atomic E-state index is -1.46. The molecule has 0 amide bonds. The molecule has 1 aromatic rings. The average Bonchev–Trinajstić information content (AvgIpc) is 3.72. The molecule has 6 heterocycles. The van der Waals surface area contributed by atoms with E-state index in [0.717, 1.165) is 11.5 Å². The maximum absolute atomic E-state index is 13.1. The first-order valence-corrected chi connectivity index (χ1v) is 17.4. The maximum atomic E-state index is 13.1. The van der Waals surface area contributed by atoms with Crippen LogP contribution in [0, 0.1) is 0 Å². The van der Waals surface area contributed by atoms with Gasteiger partial charge < -0.3 is 46.1 Å². The highest BCUT2D eigenvalue weighted by atomic mass is 32.2. The molecule has 0 aromatic heterocycles. The summed E-state index contributed by atoms with van der Waals surface area (Å²) in [6.45, 7) is 4.82. The first-order valence-electron chi connectivity index (χ1n) is 13.1. The maximum Gasteiger partial charge on any atom is 0.338 e. The van der Waals surface area contributed by atoms with Crippen LogP contribution >= 0.6 is 40.7 Å². The van der Waals surface area contributed by atoms with Crippen molar-refractivity contribution in [3.63, 3.8) is 0 Å². The van der Waals surface area contributed by atoms with Crippen LogP contribution in [-0.2, 0) is 46.1 Å². The third kappa shape index (κ3) is 5.22. The molecule has 218 valence electrons. The number of hydrogen-bond acceptors (Lipinski definition) is 14. The van der Waals surface area contributed by atoms with Crippen molar-refractivity contribution in [2.75, 3.05) is 24.7 Å². The van der Waals surface area contributed by atoms with Gasteiger partial charge in [0.1, 0.15) is 47.5 Å². The van der Waals surface area contributed by atoms with E-state index in [1.165, 1.54) is 0 Å². The van der Waals surface area contributed by atoms with Crippen LogP contribution in [0.15, 0.2) is 24.3 Å². The largest absolute Gasteiger partial charge is 0.452 e. The van der Waals surface area contributed by atoms with Gasteiger partial charge in [-0.05, 0) is 35.8 Å². The molecule has 6 aliphatic rings. The van der Waals surface area contributed by atoms with E-state index in [0.29, 0.717) is 24.3 Å². The summed E-state index contributed by atoms with van der Waals surface area (Å²) >= 11 is 3.10. The number of ether oxygens (including phenoxy) is 4. The number of fused-ring (bicyclic) bond motifs is 8. The molecule has 1 aromatic carbocycles. The van der Waals surface area contributed by atoms with Gasteiger partial charge in [-0.2, -0.15) is 0 Å². The quantitative estimate of drug-likeness (QED) is 0.304. The lowest BCUT2D eigenvalue weighted by Crippen LogP contribution is -2.44. The van der Waals surface area contributed by atoms with Gasteiger partial charge in [-0.3, -0.25) is 0 Å². The van der Waals surface area contributed by atoms with Crippen molar-refractivity contribution < 1.29 is 55.7 Å². The van der Waals surface area contributed by atoms with Gasteiger partial charge >= 0.3 is 29.1 Å². The molecular weight excluding hydrogens is 606 g/mol. The van der Waals surface area contributed by atoms with Crippen molar-refractivity contribution in [1.29, 1.82) is 0 Å². The molecule has 6 saturated heterocycles. The van der Waals surface area contributed by atoms with Gasteiger partial charge in [0, 0.05) is 0 Å². The molecule has 0 radical (unpaired) electrons. The van der Waals surface area contributed by atoms with Gasteiger partial charge in [-0.15, -0.1) is 23.5 Å². The van der Waals surface area contributed by atoms with Crippen molar-refractivity contribution in [2.24, 2.45) is 0 Å². The Balaban J connectivity index is 1.01. The molecular formula is C24H28O12P2S2. The Kier molecular flexibility index (Phi) is 8.33. The molecule has 2 unspecified atom stereocenters. The average molecular weight is 635 g/mol. The minimum absolute atomic E-state index is 0.231. The van der Waals surface area contributed by atoms with Crippen LogP contribution in [0.3, 0.4) is 0 Å². The smallest absolute Gasteiger partial charge is 0.338 e. The van der Waals surface area contributed by atoms with E-state index in [9.17, 15) is 9.59 Å². The zero-order valence-electron chi connectivity index (χ0n) is 21.5. The first-order chi connectivity index (χ1) is 19.5. The highest BCUT2D eigenvalue weighted by molar-refractivity contribution is 8.00. The fourth-order valence-corrected chi connectivity index (χ4v) is 9.77. The Morgan fingerprint density at radius 1 is 0.725 bits per heavy atom. The molecule has 40 heavy (non-hydrogen) atoms. The van der Waals surface area contributed by atoms with Crippen LogP contribution in [0.1, 0.15) is 34.6 Å². The summed E-state index contributed by atoms with van der Waals surface area (Å²) in [6.07, 6.45) is -3.35. The summed E-state index contributed by atoms with van der Waals surface area (Å²) in [4.78, 5) is 26.3. The van der Waals surface area contributed by atoms with E-state index in [4.69, 9.17) is 46.1 Å². The highest BCUT2D eigenvalue weighted by Crippen LogP contribution is 2.58. The lowest BCUT2D eigenvalue weighted by atomic mass is 10.1. The molecule has 0 spiro atoms. The van der Waals surface area contributed by atoms with Crippen LogP contribution in [0.25, 0.3) is 0 Å². The third-order valence-corrected chi connectivity index (χ3v) is 11.7. The highest BCUT2D eigenvalue weighted by Gasteiger charge is 2.59. The molecule has 0 N–H and O–H groups in total. The summed E-state index contributed by atoms with van der Waals surface area (Å²) in [5.74, 6) is 0.494. The van der Waals surface area contributed by atoms with Crippen LogP contribution in [0.4, 0.5) is 0 Å². The van der Waals surface area contributed by atoms with Gasteiger partial charge in [-0.25, -0.2) is 9.59 Å². The minimum Gasteiger partial charge on any atom is -0.452 e. The summed E-state index contributed by atoms with van der Waals surface area (Å²) in [5.41, 5.74) is -0.160. The molecule has 7 rings (SSSR count). The lowest BCUT2D eigenvalue weighted by Gasteiger charge is -2.29. The molecule has 16 heteroatoms. The summed E-state index contributed by atoms with van der Waals surface area (Å²) in [6, 6.07) is 6.18. The number of thioether (sulfide) groups is 2. The standard InChI is InChI=1S/C24H28O12P2S2/c1-3-39-23-19(17-15(31-23)13-9-27-37(33-13)35-17)29-21(25)11-5-7-12(8-6-11)22(26)30-20-18-16(32-24(20)40-4-2)14-10-28-38(34-14)36-18/h5-8,13-20,23-24H,3-4,9-10H2,1-2H3/t13-,14-,15-,16-,17+,18+,19-,20-,23-,24-,37?,38?/m1/s1. The normalized spacial score (nSPS) is 42.9. The number of benzene rings is 1. The zero-order valence-corrected chi connectivity index (χ0v) is 24.9. The number of carbonyl (C=O) groups is 2. The van der Waals surface area contributed by atoms with Crippen molar-refractivity contribution in [3.8, 4) is 0 Å².